The van der Waals surface area contributed by atoms with Crippen LogP contribution in [0.15, 0.2) is 29.4 Å². The fourth-order valence-electron chi connectivity index (χ4n) is 2.14. The van der Waals surface area contributed by atoms with Crippen LogP contribution in [0, 0.1) is 0 Å². The van der Waals surface area contributed by atoms with Gasteiger partial charge in [0.05, 0.1) is 12.2 Å². The predicted octanol–water partition coefficient (Wildman–Crippen LogP) is -0.386. The summed E-state index contributed by atoms with van der Waals surface area (Å²) in [6.45, 7) is 0.316. The van der Waals surface area contributed by atoms with Gasteiger partial charge in [0.1, 0.15) is 6.04 Å². The summed E-state index contributed by atoms with van der Waals surface area (Å²) >= 11 is 6.20. The van der Waals surface area contributed by atoms with Gasteiger partial charge in [0, 0.05) is 18.2 Å². The number of rotatable bonds is 3. The maximum absolute atomic E-state index is 12.1. The number of nitrogens with zero attached hydrogens (tertiary/aromatic N) is 2. The molecule has 0 fully saturated rings. The van der Waals surface area contributed by atoms with Gasteiger partial charge in [0.15, 0.2) is 5.84 Å². The van der Waals surface area contributed by atoms with Gasteiger partial charge in [-0.25, -0.2) is 5.53 Å². The van der Waals surface area contributed by atoms with Gasteiger partial charge in [0.2, 0.25) is 5.91 Å². The number of hydrazine groups is 2. The first-order chi connectivity index (χ1) is 9.25. The van der Waals surface area contributed by atoms with Crippen LogP contribution in [0.4, 0.5) is 5.69 Å². The molecule has 1 aromatic carbocycles. The summed E-state index contributed by atoms with van der Waals surface area (Å²) in [5.74, 6) is 0.493. The lowest BCUT2D eigenvalue weighted by molar-refractivity contribution is -0.121. The van der Waals surface area contributed by atoms with Crippen molar-refractivity contribution in [1.29, 1.82) is 0 Å². The molecule has 7 nitrogen and oxygen atoms in total. The van der Waals surface area contributed by atoms with Crippen molar-refractivity contribution < 1.29 is 4.79 Å². The molecular weight excluding hydrogens is 268 g/mol. The molecule has 0 unspecified atom stereocenters. The standard InChI is InChI=1S/C11H13ClN6O/c12-18-8-4-2-1-3-7(8)5-9(18)11(19)13-6-10-14-16-17-15-10/h1-4,9,16-17H,5-6H2,(H,13,19)(H,14,15)/t9-/m0/s1. The molecule has 0 radical (unpaired) electrons. The smallest absolute Gasteiger partial charge is 0.244 e. The van der Waals surface area contributed by atoms with E-state index in [1.165, 1.54) is 4.42 Å². The minimum absolute atomic E-state index is 0.123. The molecule has 100 valence electrons. The van der Waals surface area contributed by atoms with E-state index in [-0.39, 0.29) is 11.9 Å². The van der Waals surface area contributed by atoms with E-state index in [9.17, 15) is 4.79 Å². The van der Waals surface area contributed by atoms with Gasteiger partial charge in [-0.3, -0.25) is 14.6 Å². The lowest BCUT2D eigenvalue weighted by atomic mass is 10.1. The van der Waals surface area contributed by atoms with Crippen molar-refractivity contribution in [3.63, 3.8) is 0 Å². The Hall–Kier alpha value is -1.99. The Balaban J connectivity index is 1.62. The maximum Gasteiger partial charge on any atom is 0.244 e. The number of benzene rings is 1. The van der Waals surface area contributed by atoms with Crippen LogP contribution in [-0.2, 0) is 11.2 Å². The zero-order valence-corrected chi connectivity index (χ0v) is 10.7. The molecule has 2 heterocycles. The van der Waals surface area contributed by atoms with Gasteiger partial charge in [-0.1, -0.05) is 18.2 Å². The van der Waals surface area contributed by atoms with Crippen molar-refractivity contribution in [1.82, 2.24) is 21.8 Å². The van der Waals surface area contributed by atoms with Crippen LogP contribution in [0.1, 0.15) is 5.56 Å². The monoisotopic (exact) mass is 280 g/mol. The highest BCUT2D eigenvalue weighted by molar-refractivity contribution is 6.28. The number of amidine groups is 1. The molecule has 0 bridgehead atoms. The highest BCUT2D eigenvalue weighted by atomic mass is 35.5. The van der Waals surface area contributed by atoms with Crippen LogP contribution in [0.2, 0.25) is 0 Å². The van der Waals surface area contributed by atoms with E-state index in [1.54, 1.807) is 0 Å². The molecule has 1 atom stereocenters. The van der Waals surface area contributed by atoms with E-state index < -0.39 is 0 Å². The molecule has 1 amide bonds. The number of hydrazone groups is 1. The Morgan fingerprint density at radius 3 is 3.11 bits per heavy atom. The van der Waals surface area contributed by atoms with E-state index in [0.717, 1.165) is 11.3 Å². The average Bonchev–Trinajstić information content (AvgIpc) is 3.05. The summed E-state index contributed by atoms with van der Waals surface area (Å²) in [5.41, 5.74) is 9.86. The van der Waals surface area contributed by atoms with Gasteiger partial charge in [-0.05, 0) is 11.6 Å². The van der Waals surface area contributed by atoms with Gasteiger partial charge in [-0.2, -0.15) is 0 Å². The number of amides is 1. The number of fused-ring (bicyclic) bond motifs is 1. The second kappa shape index (κ2) is 4.94. The quantitative estimate of drug-likeness (QED) is 0.567. The molecule has 2 aliphatic rings. The minimum atomic E-state index is -0.387. The van der Waals surface area contributed by atoms with Crippen LogP contribution in [0.5, 0.6) is 0 Å². The van der Waals surface area contributed by atoms with E-state index in [0.29, 0.717) is 18.8 Å². The molecule has 1 aromatic rings. The zero-order chi connectivity index (χ0) is 13.2. The Labute approximate surface area is 115 Å². The van der Waals surface area contributed by atoms with Gasteiger partial charge >= 0.3 is 0 Å². The fourth-order valence-corrected chi connectivity index (χ4v) is 2.46. The second-order valence-electron chi connectivity index (χ2n) is 4.30. The maximum atomic E-state index is 12.1. The molecule has 0 spiro atoms. The third-order valence-electron chi connectivity index (χ3n) is 3.09. The number of nitrogens with one attached hydrogen (secondary N) is 4. The van der Waals surface area contributed by atoms with Crippen molar-refractivity contribution in [3.05, 3.63) is 29.8 Å². The van der Waals surface area contributed by atoms with E-state index in [2.05, 4.69) is 26.9 Å². The van der Waals surface area contributed by atoms with E-state index >= 15 is 0 Å². The first-order valence-corrected chi connectivity index (χ1v) is 6.23. The lowest BCUT2D eigenvalue weighted by Gasteiger charge is -2.18. The molecule has 8 heteroatoms. The number of para-hydroxylation sites is 1. The summed E-state index contributed by atoms with van der Waals surface area (Å²) in [6.07, 6.45) is 0.613. The molecule has 19 heavy (non-hydrogen) atoms. The van der Waals surface area contributed by atoms with Crippen molar-refractivity contribution in [2.24, 2.45) is 5.10 Å². The van der Waals surface area contributed by atoms with Crippen molar-refractivity contribution in [2.45, 2.75) is 12.5 Å². The summed E-state index contributed by atoms with van der Waals surface area (Å²) in [6, 6.07) is 7.35. The summed E-state index contributed by atoms with van der Waals surface area (Å²) < 4.78 is 1.49. The summed E-state index contributed by atoms with van der Waals surface area (Å²) in [5, 5.41) is 6.67. The number of carbonyl (C=O) groups is 1. The normalized spacial score (nSPS) is 20.4. The highest BCUT2D eigenvalue weighted by Gasteiger charge is 2.33. The molecule has 0 saturated carbocycles. The SMILES string of the molecule is O=C(NCC1=NNNN1)[C@@H]1Cc2ccccc2N1Cl. The fraction of sp³-hybridized carbons (Fsp3) is 0.273. The average molecular weight is 281 g/mol. The van der Waals surface area contributed by atoms with E-state index in [4.69, 9.17) is 11.8 Å². The molecule has 4 N–H and O–H groups in total. The van der Waals surface area contributed by atoms with Crippen LogP contribution < -0.4 is 26.2 Å². The Bertz CT molecular complexity index is 534. The Kier molecular flexibility index (Phi) is 3.14. The van der Waals surface area contributed by atoms with Crippen molar-refractivity contribution in [2.75, 3.05) is 11.0 Å². The molecule has 0 saturated heterocycles. The minimum Gasteiger partial charge on any atom is -0.347 e. The topological polar surface area (TPSA) is 80.8 Å². The molecule has 0 aromatic heterocycles. The van der Waals surface area contributed by atoms with Crippen LogP contribution in [-0.4, -0.2) is 24.3 Å². The highest BCUT2D eigenvalue weighted by Crippen LogP contribution is 2.33. The molecule has 0 aliphatic carbocycles. The van der Waals surface area contributed by atoms with Gasteiger partial charge in [0.25, 0.3) is 0 Å². The van der Waals surface area contributed by atoms with Gasteiger partial charge in [-0.15, -0.1) is 10.6 Å². The second-order valence-corrected chi connectivity index (χ2v) is 4.66. The number of hydrogen-bond donors (Lipinski definition) is 4. The number of halogens is 1. The molecular formula is C11H13ClN6O. The number of anilines is 1. The van der Waals surface area contributed by atoms with Crippen molar-refractivity contribution >= 4 is 29.2 Å². The third kappa shape index (κ3) is 2.29. The lowest BCUT2D eigenvalue weighted by Crippen LogP contribution is -2.46. The van der Waals surface area contributed by atoms with E-state index in [1.807, 2.05) is 24.3 Å². The Morgan fingerprint density at radius 2 is 2.37 bits per heavy atom. The number of carbonyl (C=O) groups excluding carboxylic acids is 1. The first kappa shape index (κ1) is 12.1. The Morgan fingerprint density at radius 1 is 1.53 bits per heavy atom. The predicted molar refractivity (Wildman–Crippen MR) is 72.1 cm³/mol. The summed E-state index contributed by atoms with van der Waals surface area (Å²) in [7, 11) is 0. The molecule has 3 rings (SSSR count). The van der Waals surface area contributed by atoms with Crippen LogP contribution in [0.25, 0.3) is 0 Å². The zero-order valence-electron chi connectivity index (χ0n) is 9.98. The van der Waals surface area contributed by atoms with Crippen molar-refractivity contribution in [3.8, 4) is 0 Å². The largest absolute Gasteiger partial charge is 0.347 e. The number of hydrogen-bond acceptors (Lipinski definition) is 6. The van der Waals surface area contributed by atoms with Gasteiger partial charge < -0.3 is 5.32 Å². The molecule has 2 aliphatic heterocycles. The third-order valence-corrected chi connectivity index (χ3v) is 3.51. The van der Waals surface area contributed by atoms with Crippen LogP contribution in [0.3, 0.4) is 0 Å². The van der Waals surface area contributed by atoms with Crippen LogP contribution >= 0.6 is 11.8 Å². The summed E-state index contributed by atoms with van der Waals surface area (Å²) in [4.78, 5) is 12.1. The first-order valence-electron chi connectivity index (χ1n) is 5.89.